The van der Waals surface area contributed by atoms with Gasteiger partial charge in [-0.05, 0) is 24.7 Å². The van der Waals surface area contributed by atoms with Crippen LogP contribution >= 0.6 is 0 Å². The van der Waals surface area contributed by atoms with Crippen molar-refractivity contribution in [3.8, 4) is 0 Å². The predicted octanol–water partition coefficient (Wildman–Crippen LogP) is 1.40. The van der Waals surface area contributed by atoms with Crippen LogP contribution in [0.15, 0.2) is 0 Å². The highest BCUT2D eigenvalue weighted by molar-refractivity contribution is 5.85. The fourth-order valence-corrected chi connectivity index (χ4v) is 2.56. The van der Waals surface area contributed by atoms with Crippen LogP contribution in [0.4, 0.5) is 0 Å². The Morgan fingerprint density at radius 2 is 1.81 bits per heavy atom. The van der Waals surface area contributed by atoms with Crippen LogP contribution in [0, 0.1) is 17.3 Å². The molecule has 90 valence electrons. The Kier molecular flexibility index (Phi) is 2.68. The molecule has 0 radical (unpaired) electrons. The molecule has 4 nitrogen and oxygen atoms in total. The summed E-state index contributed by atoms with van der Waals surface area (Å²) in [7, 11) is 0. The van der Waals surface area contributed by atoms with Gasteiger partial charge in [0.25, 0.3) is 0 Å². The molecular weight excluding hydrogens is 206 g/mol. The zero-order valence-electron chi connectivity index (χ0n) is 9.82. The van der Waals surface area contributed by atoms with Gasteiger partial charge in [-0.15, -0.1) is 0 Å². The van der Waals surface area contributed by atoms with E-state index in [-0.39, 0.29) is 23.3 Å². The van der Waals surface area contributed by atoms with E-state index in [1.54, 1.807) is 0 Å². The standard InChI is InChI=1S/C12H19NO3/c1-12(2)6-9(12)13-10(14)7-4-3-5-8(7)11(15)16/h7-9H,3-6H2,1-2H3,(H,13,14)(H,15,16)/t7-,8+,9?/m1/s1. The molecule has 2 fully saturated rings. The monoisotopic (exact) mass is 225 g/mol. The van der Waals surface area contributed by atoms with Crippen LogP contribution in [-0.4, -0.2) is 23.0 Å². The van der Waals surface area contributed by atoms with E-state index in [4.69, 9.17) is 5.11 Å². The van der Waals surface area contributed by atoms with Crippen molar-refractivity contribution < 1.29 is 14.7 Å². The van der Waals surface area contributed by atoms with Gasteiger partial charge < -0.3 is 10.4 Å². The summed E-state index contributed by atoms with van der Waals surface area (Å²) >= 11 is 0. The zero-order chi connectivity index (χ0) is 11.9. The molecule has 0 bridgehead atoms. The Hall–Kier alpha value is -1.06. The second-order valence-corrected chi connectivity index (χ2v) is 5.74. The number of hydrogen-bond donors (Lipinski definition) is 2. The number of nitrogens with one attached hydrogen (secondary N) is 1. The molecule has 0 aromatic carbocycles. The van der Waals surface area contributed by atoms with Gasteiger partial charge in [0, 0.05) is 6.04 Å². The Morgan fingerprint density at radius 3 is 2.31 bits per heavy atom. The molecule has 16 heavy (non-hydrogen) atoms. The maximum atomic E-state index is 11.9. The topological polar surface area (TPSA) is 66.4 Å². The van der Waals surface area contributed by atoms with Gasteiger partial charge in [0.1, 0.15) is 0 Å². The highest BCUT2D eigenvalue weighted by atomic mass is 16.4. The van der Waals surface area contributed by atoms with Crippen LogP contribution in [-0.2, 0) is 9.59 Å². The predicted molar refractivity (Wildman–Crippen MR) is 58.8 cm³/mol. The third-order valence-corrected chi connectivity index (χ3v) is 4.00. The molecule has 3 atom stereocenters. The minimum Gasteiger partial charge on any atom is -0.481 e. The molecule has 2 N–H and O–H groups in total. The fourth-order valence-electron chi connectivity index (χ4n) is 2.56. The second-order valence-electron chi connectivity index (χ2n) is 5.74. The molecule has 2 saturated carbocycles. The number of carbonyl (C=O) groups is 2. The van der Waals surface area contributed by atoms with Gasteiger partial charge in [-0.3, -0.25) is 9.59 Å². The first-order chi connectivity index (χ1) is 7.42. The number of amides is 1. The molecular formula is C12H19NO3. The molecule has 0 aromatic rings. The summed E-state index contributed by atoms with van der Waals surface area (Å²) < 4.78 is 0. The van der Waals surface area contributed by atoms with Gasteiger partial charge in [0.05, 0.1) is 11.8 Å². The summed E-state index contributed by atoms with van der Waals surface area (Å²) in [6.45, 7) is 4.22. The fraction of sp³-hybridized carbons (Fsp3) is 0.833. The summed E-state index contributed by atoms with van der Waals surface area (Å²) in [5.41, 5.74) is 0.201. The highest BCUT2D eigenvalue weighted by Gasteiger charge is 2.48. The van der Waals surface area contributed by atoms with E-state index in [2.05, 4.69) is 19.2 Å². The van der Waals surface area contributed by atoms with Crippen LogP contribution in [0.1, 0.15) is 39.5 Å². The first kappa shape index (κ1) is 11.4. The lowest BCUT2D eigenvalue weighted by Crippen LogP contribution is -2.37. The molecule has 0 aromatic heterocycles. The normalized spacial score (nSPS) is 35.8. The third kappa shape index (κ3) is 2.06. The molecule has 4 heteroatoms. The van der Waals surface area contributed by atoms with Crippen LogP contribution < -0.4 is 5.32 Å². The largest absolute Gasteiger partial charge is 0.481 e. The van der Waals surface area contributed by atoms with E-state index in [9.17, 15) is 9.59 Å². The maximum Gasteiger partial charge on any atom is 0.307 e. The Bertz CT molecular complexity index is 324. The third-order valence-electron chi connectivity index (χ3n) is 4.00. The van der Waals surface area contributed by atoms with Crippen LogP contribution in [0.5, 0.6) is 0 Å². The van der Waals surface area contributed by atoms with Crippen LogP contribution in [0.3, 0.4) is 0 Å². The van der Waals surface area contributed by atoms with Crippen molar-refractivity contribution in [3.05, 3.63) is 0 Å². The van der Waals surface area contributed by atoms with E-state index in [1.165, 1.54) is 0 Å². The van der Waals surface area contributed by atoms with Crippen molar-refractivity contribution in [2.45, 2.75) is 45.6 Å². The van der Waals surface area contributed by atoms with Gasteiger partial charge in [-0.2, -0.15) is 0 Å². The van der Waals surface area contributed by atoms with Crippen LogP contribution in [0.2, 0.25) is 0 Å². The molecule has 2 rings (SSSR count). The number of rotatable bonds is 3. The molecule has 2 aliphatic carbocycles. The minimum atomic E-state index is -0.826. The molecule has 0 heterocycles. The van der Waals surface area contributed by atoms with Crippen molar-refractivity contribution in [2.75, 3.05) is 0 Å². The van der Waals surface area contributed by atoms with Gasteiger partial charge in [-0.1, -0.05) is 20.3 Å². The minimum absolute atomic E-state index is 0.0551. The smallest absolute Gasteiger partial charge is 0.307 e. The Balaban J connectivity index is 1.92. The molecule has 1 amide bonds. The zero-order valence-corrected chi connectivity index (χ0v) is 9.82. The van der Waals surface area contributed by atoms with Gasteiger partial charge in [-0.25, -0.2) is 0 Å². The molecule has 0 aliphatic heterocycles. The average molecular weight is 225 g/mol. The lowest BCUT2D eigenvalue weighted by molar-refractivity contribution is -0.146. The molecule has 0 spiro atoms. The van der Waals surface area contributed by atoms with Crippen molar-refractivity contribution in [2.24, 2.45) is 17.3 Å². The quantitative estimate of drug-likeness (QED) is 0.763. The van der Waals surface area contributed by atoms with Crippen molar-refractivity contribution in [1.29, 1.82) is 0 Å². The van der Waals surface area contributed by atoms with Crippen LogP contribution in [0.25, 0.3) is 0 Å². The lowest BCUT2D eigenvalue weighted by atomic mass is 9.95. The van der Waals surface area contributed by atoms with Crippen molar-refractivity contribution >= 4 is 11.9 Å². The number of carbonyl (C=O) groups excluding carboxylic acids is 1. The Labute approximate surface area is 95.4 Å². The second kappa shape index (κ2) is 3.75. The SMILES string of the molecule is CC1(C)CC1NC(=O)[C@@H]1CCC[C@@H]1C(=O)O. The summed E-state index contributed by atoms with van der Waals surface area (Å²) in [5, 5.41) is 12.0. The lowest BCUT2D eigenvalue weighted by Gasteiger charge is -2.16. The molecule has 1 unspecified atom stereocenters. The summed E-state index contributed by atoms with van der Waals surface area (Å²) in [4.78, 5) is 22.9. The van der Waals surface area contributed by atoms with E-state index in [0.29, 0.717) is 6.42 Å². The van der Waals surface area contributed by atoms with Crippen molar-refractivity contribution in [3.63, 3.8) is 0 Å². The van der Waals surface area contributed by atoms with E-state index in [0.717, 1.165) is 19.3 Å². The maximum absolute atomic E-state index is 11.9. The van der Waals surface area contributed by atoms with E-state index >= 15 is 0 Å². The first-order valence-corrected chi connectivity index (χ1v) is 5.95. The number of carboxylic acid groups (broad SMARTS) is 1. The Morgan fingerprint density at radius 1 is 1.25 bits per heavy atom. The van der Waals surface area contributed by atoms with E-state index in [1.807, 2.05) is 0 Å². The number of carboxylic acids is 1. The molecule has 2 aliphatic rings. The van der Waals surface area contributed by atoms with E-state index < -0.39 is 11.9 Å². The van der Waals surface area contributed by atoms with Gasteiger partial charge in [0.15, 0.2) is 0 Å². The van der Waals surface area contributed by atoms with Gasteiger partial charge in [0.2, 0.25) is 5.91 Å². The number of hydrogen-bond acceptors (Lipinski definition) is 2. The summed E-state index contributed by atoms with van der Waals surface area (Å²) in [6.07, 6.45) is 3.21. The number of aliphatic carboxylic acids is 1. The van der Waals surface area contributed by atoms with Crippen molar-refractivity contribution in [1.82, 2.24) is 5.32 Å². The summed E-state index contributed by atoms with van der Waals surface area (Å²) in [6, 6.07) is 0.245. The highest BCUT2D eigenvalue weighted by Crippen LogP contribution is 2.45. The summed E-state index contributed by atoms with van der Waals surface area (Å²) in [5.74, 6) is -1.66. The average Bonchev–Trinajstić information content (AvgIpc) is 2.68. The van der Waals surface area contributed by atoms with Gasteiger partial charge >= 0.3 is 5.97 Å². The molecule has 0 saturated heterocycles. The first-order valence-electron chi connectivity index (χ1n) is 5.95.